The minimum Gasteiger partial charge on any atom is -0.326 e. The summed E-state index contributed by atoms with van der Waals surface area (Å²) in [5.74, 6) is -0.243. The van der Waals surface area contributed by atoms with E-state index in [9.17, 15) is 13.2 Å². The zero-order valence-corrected chi connectivity index (χ0v) is 17.0. The van der Waals surface area contributed by atoms with Gasteiger partial charge >= 0.3 is 0 Å². The molecule has 0 aliphatic heterocycles. The highest BCUT2D eigenvalue weighted by atomic mass is 35.5. The number of hydrogen-bond acceptors (Lipinski definition) is 3. The molecule has 0 radical (unpaired) electrons. The van der Waals surface area contributed by atoms with E-state index in [1.165, 1.54) is 4.31 Å². The van der Waals surface area contributed by atoms with Crippen LogP contribution in [-0.2, 0) is 14.8 Å². The first-order valence-corrected chi connectivity index (χ1v) is 10.6. The number of benzene rings is 2. The number of anilines is 2. The second-order valence-electron chi connectivity index (χ2n) is 5.59. The highest BCUT2D eigenvalue weighted by Crippen LogP contribution is 2.25. The van der Waals surface area contributed by atoms with Gasteiger partial charge in [0, 0.05) is 23.7 Å². The quantitative estimate of drug-likeness (QED) is 0.677. The molecule has 1 amide bonds. The van der Waals surface area contributed by atoms with Gasteiger partial charge in [-0.05, 0) is 48.9 Å². The van der Waals surface area contributed by atoms with E-state index >= 15 is 0 Å². The maximum atomic E-state index is 12.0. The molecule has 0 spiro atoms. The summed E-state index contributed by atoms with van der Waals surface area (Å²) >= 11 is 17.6. The normalized spacial score (nSPS) is 11.2. The van der Waals surface area contributed by atoms with Gasteiger partial charge in [0.1, 0.15) is 0 Å². The van der Waals surface area contributed by atoms with Crippen LogP contribution in [0.5, 0.6) is 0 Å². The van der Waals surface area contributed by atoms with Gasteiger partial charge in [0.25, 0.3) is 0 Å². The number of nitrogens with zero attached hydrogens (tertiary/aromatic N) is 1. The fourth-order valence-electron chi connectivity index (χ4n) is 2.27. The van der Waals surface area contributed by atoms with Crippen molar-refractivity contribution in [1.29, 1.82) is 0 Å². The smallest absolute Gasteiger partial charge is 0.232 e. The second kappa shape index (κ2) is 8.95. The van der Waals surface area contributed by atoms with Crippen molar-refractivity contribution in [2.24, 2.45) is 0 Å². The molecule has 0 unspecified atom stereocenters. The van der Waals surface area contributed by atoms with E-state index in [-0.39, 0.29) is 18.9 Å². The van der Waals surface area contributed by atoms with Gasteiger partial charge in [-0.3, -0.25) is 9.10 Å². The summed E-state index contributed by atoms with van der Waals surface area (Å²) in [6.45, 7) is 0.176. The Morgan fingerprint density at radius 2 is 1.69 bits per heavy atom. The average Bonchev–Trinajstić information content (AvgIpc) is 2.55. The van der Waals surface area contributed by atoms with Crippen LogP contribution in [0, 0.1) is 0 Å². The molecule has 2 aromatic carbocycles. The van der Waals surface area contributed by atoms with Gasteiger partial charge in [-0.1, -0.05) is 34.8 Å². The minimum atomic E-state index is -3.47. The van der Waals surface area contributed by atoms with E-state index in [0.717, 1.165) is 6.26 Å². The molecule has 0 atom stereocenters. The summed E-state index contributed by atoms with van der Waals surface area (Å²) in [5, 5.41) is 3.96. The molecule has 0 aromatic heterocycles. The van der Waals surface area contributed by atoms with Crippen LogP contribution in [0.25, 0.3) is 0 Å². The first-order chi connectivity index (χ1) is 12.2. The molecule has 2 rings (SSSR count). The van der Waals surface area contributed by atoms with Crippen molar-refractivity contribution in [3.05, 3.63) is 57.5 Å². The monoisotopic (exact) mass is 434 g/mol. The summed E-state index contributed by atoms with van der Waals surface area (Å²) in [4.78, 5) is 12.0. The van der Waals surface area contributed by atoms with Gasteiger partial charge < -0.3 is 5.32 Å². The Kier molecular flexibility index (Phi) is 7.17. The van der Waals surface area contributed by atoms with E-state index < -0.39 is 10.0 Å². The molecule has 0 aliphatic rings. The number of nitrogens with one attached hydrogen (secondary N) is 1. The highest BCUT2D eigenvalue weighted by molar-refractivity contribution is 7.92. The first-order valence-electron chi connectivity index (χ1n) is 7.65. The maximum absolute atomic E-state index is 12.0. The lowest BCUT2D eigenvalue weighted by atomic mass is 10.2. The summed E-state index contributed by atoms with van der Waals surface area (Å²) in [6, 6.07) is 11.3. The molecular weight excluding hydrogens is 419 g/mol. The van der Waals surface area contributed by atoms with Crippen LogP contribution >= 0.6 is 34.8 Å². The number of hydrogen-bond donors (Lipinski definition) is 1. The van der Waals surface area contributed by atoms with E-state index in [1.807, 2.05) is 0 Å². The second-order valence-corrected chi connectivity index (χ2v) is 8.75. The lowest BCUT2D eigenvalue weighted by Crippen LogP contribution is -2.31. The Labute approximate surface area is 167 Å². The van der Waals surface area contributed by atoms with Crippen LogP contribution in [-0.4, -0.2) is 27.1 Å². The largest absolute Gasteiger partial charge is 0.326 e. The molecule has 9 heteroatoms. The van der Waals surface area contributed by atoms with Gasteiger partial charge in [-0.2, -0.15) is 0 Å². The molecule has 0 bridgehead atoms. The van der Waals surface area contributed by atoms with E-state index in [2.05, 4.69) is 5.32 Å². The van der Waals surface area contributed by atoms with Crippen molar-refractivity contribution in [3.63, 3.8) is 0 Å². The van der Waals surface area contributed by atoms with Gasteiger partial charge in [0.15, 0.2) is 0 Å². The van der Waals surface area contributed by atoms with E-state index in [0.29, 0.717) is 32.9 Å². The van der Waals surface area contributed by atoms with Crippen molar-refractivity contribution >= 4 is 62.1 Å². The zero-order chi connectivity index (χ0) is 19.3. The van der Waals surface area contributed by atoms with Crippen molar-refractivity contribution in [2.75, 3.05) is 22.4 Å². The summed E-state index contributed by atoms with van der Waals surface area (Å²) in [5.41, 5.74) is 1.03. The maximum Gasteiger partial charge on any atom is 0.232 e. The summed E-state index contributed by atoms with van der Waals surface area (Å²) in [7, 11) is -3.47. The number of rotatable bonds is 7. The molecule has 0 fully saturated rings. The van der Waals surface area contributed by atoms with Crippen LogP contribution in [0.1, 0.15) is 12.8 Å². The Balaban J connectivity index is 1.95. The predicted molar refractivity (Wildman–Crippen MR) is 108 cm³/mol. The van der Waals surface area contributed by atoms with Gasteiger partial charge in [-0.15, -0.1) is 0 Å². The van der Waals surface area contributed by atoms with Gasteiger partial charge in [0.05, 0.1) is 22.0 Å². The number of sulfonamides is 1. The molecule has 0 saturated carbocycles. The standard InChI is InChI=1S/C17H17Cl3N2O3S/c1-26(24,25)22(14-7-4-12(18)5-8-14)10-2-3-17(23)21-13-6-9-15(19)16(20)11-13/h4-9,11H,2-3,10H2,1H3,(H,21,23). The third-order valence-electron chi connectivity index (χ3n) is 3.48. The lowest BCUT2D eigenvalue weighted by Gasteiger charge is -2.22. The number of amides is 1. The highest BCUT2D eigenvalue weighted by Gasteiger charge is 2.17. The Hall–Kier alpha value is -1.47. The van der Waals surface area contributed by atoms with Crippen LogP contribution in [0.3, 0.4) is 0 Å². The minimum absolute atomic E-state index is 0.153. The Morgan fingerprint density at radius 3 is 2.27 bits per heavy atom. The lowest BCUT2D eigenvalue weighted by molar-refractivity contribution is -0.116. The Bertz CT molecular complexity index is 887. The first kappa shape index (κ1) is 20.8. The third kappa shape index (κ3) is 6.06. The number of halogens is 3. The van der Waals surface area contributed by atoms with Crippen LogP contribution in [0.4, 0.5) is 11.4 Å². The number of carbonyl (C=O) groups is 1. The van der Waals surface area contributed by atoms with E-state index in [4.69, 9.17) is 34.8 Å². The molecule has 2 aromatic rings. The molecule has 5 nitrogen and oxygen atoms in total. The molecule has 0 aliphatic carbocycles. The number of carbonyl (C=O) groups excluding carboxylic acids is 1. The molecule has 140 valence electrons. The SMILES string of the molecule is CS(=O)(=O)N(CCCC(=O)Nc1ccc(Cl)c(Cl)c1)c1ccc(Cl)cc1. The molecule has 0 heterocycles. The summed E-state index contributed by atoms with van der Waals surface area (Å²) < 4.78 is 25.3. The topological polar surface area (TPSA) is 66.5 Å². The van der Waals surface area contributed by atoms with Crippen LogP contribution < -0.4 is 9.62 Å². The van der Waals surface area contributed by atoms with Crippen molar-refractivity contribution < 1.29 is 13.2 Å². The predicted octanol–water partition coefficient (Wildman–Crippen LogP) is 4.83. The molecule has 26 heavy (non-hydrogen) atoms. The van der Waals surface area contributed by atoms with Crippen molar-refractivity contribution in [2.45, 2.75) is 12.8 Å². The molecule has 0 saturated heterocycles. The fraction of sp³-hybridized carbons (Fsp3) is 0.235. The van der Waals surface area contributed by atoms with Gasteiger partial charge in [0.2, 0.25) is 15.9 Å². The molecule has 1 N–H and O–H groups in total. The third-order valence-corrected chi connectivity index (χ3v) is 5.67. The van der Waals surface area contributed by atoms with E-state index in [1.54, 1.807) is 42.5 Å². The molecular formula is C17H17Cl3N2O3S. The van der Waals surface area contributed by atoms with Crippen LogP contribution in [0.2, 0.25) is 15.1 Å². The average molecular weight is 436 g/mol. The van der Waals surface area contributed by atoms with Gasteiger partial charge in [-0.25, -0.2) is 8.42 Å². The van der Waals surface area contributed by atoms with Crippen molar-refractivity contribution in [1.82, 2.24) is 0 Å². The zero-order valence-electron chi connectivity index (χ0n) is 13.9. The summed E-state index contributed by atoms with van der Waals surface area (Å²) in [6.07, 6.45) is 1.63. The fourth-order valence-corrected chi connectivity index (χ4v) is 3.66. The van der Waals surface area contributed by atoms with Crippen LogP contribution in [0.15, 0.2) is 42.5 Å². The Morgan fingerprint density at radius 1 is 1.04 bits per heavy atom. The van der Waals surface area contributed by atoms with Crippen molar-refractivity contribution in [3.8, 4) is 0 Å².